The van der Waals surface area contributed by atoms with Crippen molar-refractivity contribution >= 4 is 23.0 Å². The Morgan fingerprint density at radius 3 is 2.68 bits per heavy atom. The molecule has 0 aromatic carbocycles. The summed E-state index contributed by atoms with van der Waals surface area (Å²) in [5.41, 5.74) is 6.05. The fourth-order valence-electron chi connectivity index (χ4n) is 2.30. The van der Waals surface area contributed by atoms with Crippen molar-refractivity contribution in [2.75, 3.05) is 31.5 Å². The zero-order valence-electron chi connectivity index (χ0n) is 11.3. The molecule has 0 unspecified atom stereocenters. The number of hydrogen-bond donors (Lipinski definition) is 2. The van der Waals surface area contributed by atoms with Crippen molar-refractivity contribution in [3.63, 3.8) is 0 Å². The van der Waals surface area contributed by atoms with Crippen LogP contribution in [0, 0.1) is 5.92 Å². The van der Waals surface area contributed by atoms with E-state index in [0.29, 0.717) is 5.69 Å². The number of piperidine rings is 1. The van der Waals surface area contributed by atoms with Crippen LogP contribution in [0.2, 0.25) is 0 Å². The highest BCUT2D eigenvalue weighted by Gasteiger charge is 2.17. The molecule has 1 saturated heterocycles. The SMILES string of the molecule is CCN1CCC(CNc2cnc(C(N)=S)cn2)CC1. The highest BCUT2D eigenvalue weighted by Crippen LogP contribution is 2.17. The van der Waals surface area contributed by atoms with Gasteiger partial charge in [0.15, 0.2) is 0 Å². The molecule has 1 fully saturated rings. The maximum absolute atomic E-state index is 5.48. The zero-order chi connectivity index (χ0) is 13.7. The summed E-state index contributed by atoms with van der Waals surface area (Å²) < 4.78 is 0. The molecule has 1 aromatic rings. The van der Waals surface area contributed by atoms with E-state index < -0.39 is 0 Å². The van der Waals surface area contributed by atoms with Crippen molar-refractivity contribution < 1.29 is 0 Å². The number of aromatic nitrogens is 2. The first kappa shape index (κ1) is 14.1. The van der Waals surface area contributed by atoms with Crippen LogP contribution >= 0.6 is 12.2 Å². The van der Waals surface area contributed by atoms with Gasteiger partial charge in [0, 0.05) is 6.54 Å². The first-order valence-electron chi connectivity index (χ1n) is 6.77. The van der Waals surface area contributed by atoms with E-state index in [9.17, 15) is 0 Å². The van der Waals surface area contributed by atoms with E-state index >= 15 is 0 Å². The molecule has 0 bridgehead atoms. The largest absolute Gasteiger partial charge is 0.388 e. The summed E-state index contributed by atoms with van der Waals surface area (Å²) in [4.78, 5) is 11.2. The van der Waals surface area contributed by atoms with Gasteiger partial charge in [0.1, 0.15) is 16.5 Å². The third kappa shape index (κ3) is 4.11. The quantitative estimate of drug-likeness (QED) is 0.791. The Hall–Kier alpha value is -1.27. The lowest BCUT2D eigenvalue weighted by molar-refractivity contribution is 0.198. The van der Waals surface area contributed by atoms with Crippen molar-refractivity contribution in [2.45, 2.75) is 19.8 Å². The summed E-state index contributed by atoms with van der Waals surface area (Å²) in [6.45, 7) is 6.74. The maximum atomic E-state index is 5.48. The van der Waals surface area contributed by atoms with Gasteiger partial charge in [0.2, 0.25) is 0 Å². The normalized spacial score (nSPS) is 17.3. The summed E-state index contributed by atoms with van der Waals surface area (Å²) >= 11 is 4.85. The molecule has 6 heteroatoms. The van der Waals surface area contributed by atoms with Crippen LogP contribution in [0.15, 0.2) is 12.4 Å². The molecule has 3 N–H and O–H groups in total. The van der Waals surface area contributed by atoms with Gasteiger partial charge in [-0.2, -0.15) is 0 Å². The van der Waals surface area contributed by atoms with Crippen molar-refractivity contribution in [3.05, 3.63) is 18.1 Å². The molecule has 0 amide bonds. The van der Waals surface area contributed by atoms with Gasteiger partial charge >= 0.3 is 0 Å². The molecule has 2 heterocycles. The Labute approximate surface area is 119 Å². The number of nitrogens with zero attached hydrogens (tertiary/aromatic N) is 3. The Kier molecular flexibility index (Phi) is 5.04. The molecule has 0 saturated carbocycles. The molecule has 2 rings (SSSR count). The molecule has 19 heavy (non-hydrogen) atoms. The van der Waals surface area contributed by atoms with Crippen LogP contribution in [0.4, 0.5) is 5.82 Å². The standard InChI is InChI=1S/C13H21N5S/c1-2-18-5-3-10(4-6-18)7-16-12-9-15-11(8-17-12)13(14)19/h8-10H,2-7H2,1H3,(H2,14,19)(H,16,17). The Bertz CT molecular complexity index is 412. The number of likely N-dealkylation sites (tertiary alicyclic amines) is 1. The molecule has 5 nitrogen and oxygen atoms in total. The molecule has 0 atom stereocenters. The number of thiocarbonyl (C=S) groups is 1. The van der Waals surface area contributed by atoms with E-state index in [4.69, 9.17) is 18.0 Å². The van der Waals surface area contributed by atoms with Gasteiger partial charge in [0.25, 0.3) is 0 Å². The first-order chi connectivity index (χ1) is 9.19. The average Bonchev–Trinajstić information content (AvgIpc) is 2.46. The predicted molar refractivity (Wildman–Crippen MR) is 81.2 cm³/mol. The minimum atomic E-state index is 0.283. The molecule has 1 aliphatic heterocycles. The van der Waals surface area contributed by atoms with Crippen LogP contribution in [-0.4, -0.2) is 46.0 Å². The molecular formula is C13H21N5S. The van der Waals surface area contributed by atoms with Crippen LogP contribution in [0.5, 0.6) is 0 Å². The van der Waals surface area contributed by atoms with Crippen molar-refractivity contribution in [3.8, 4) is 0 Å². The monoisotopic (exact) mass is 279 g/mol. The van der Waals surface area contributed by atoms with Gasteiger partial charge in [-0.1, -0.05) is 19.1 Å². The summed E-state index contributed by atoms with van der Waals surface area (Å²) in [5, 5.41) is 3.34. The van der Waals surface area contributed by atoms with E-state index in [1.807, 2.05) is 0 Å². The van der Waals surface area contributed by atoms with Crippen molar-refractivity contribution in [1.82, 2.24) is 14.9 Å². The molecule has 0 radical (unpaired) electrons. The summed E-state index contributed by atoms with van der Waals surface area (Å²) in [7, 11) is 0. The molecule has 0 aliphatic carbocycles. The van der Waals surface area contributed by atoms with Gasteiger partial charge in [-0.15, -0.1) is 0 Å². The lowest BCUT2D eigenvalue weighted by atomic mass is 9.97. The second-order valence-corrected chi connectivity index (χ2v) is 5.35. The molecule has 104 valence electrons. The number of nitrogens with two attached hydrogens (primary N) is 1. The van der Waals surface area contributed by atoms with Gasteiger partial charge in [0.05, 0.1) is 12.4 Å². The van der Waals surface area contributed by atoms with Gasteiger partial charge in [-0.25, -0.2) is 9.97 Å². The highest BCUT2D eigenvalue weighted by molar-refractivity contribution is 7.80. The van der Waals surface area contributed by atoms with Gasteiger partial charge in [-0.3, -0.25) is 0 Å². The fraction of sp³-hybridized carbons (Fsp3) is 0.615. The third-order valence-corrected chi connectivity index (χ3v) is 3.84. The van der Waals surface area contributed by atoms with Crippen LogP contribution < -0.4 is 11.1 Å². The smallest absolute Gasteiger partial charge is 0.144 e. The van der Waals surface area contributed by atoms with Crippen LogP contribution in [0.1, 0.15) is 25.5 Å². The second kappa shape index (κ2) is 6.77. The van der Waals surface area contributed by atoms with E-state index in [2.05, 4.69) is 27.1 Å². The minimum absolute atomic E-state index is 0.283. The zero-order valence-corrected chi connectivity index (χ0v) is 12.1. The van der Waals surface area contributed by atoms with Gasteiger partial charge < -0.3 is 16.0 Å². The first-order valence-corrected chi connectivity index (χ1v) is 7.18. The fourth-order valence-corrected chi connectivity index (χ4v) is 2.41. The number of rotatable bonds is 5. The summed E-state index contributed by atoms with van der Waals surface area (Å²) in [5.74, 6) is 1.51. The van der Waals surface area contributed by atoms with Crippen LogP contribution in [0.25, 0.3) is 0 Å². The van der Waals surface area contributed by atoms with E-state index in [0.717, 1.165) is 24.8 Å². The lowest BCUT2D eigenvalue weighted by Gasteiger charge is -2.31. The molecule has 1 aromatic heterocycles. The van der Waals surface area contributed by atoms with Crippen LogP contribution in [-0.2, 0) is 0 Å². The topological polar surface area (TPSA) is 67.1 Å². The lowest BCUT2D eigenvalue weighted by Crippen LogP contribution is -2.35. The van der Waals surface area contributed by atoms with Crippen molar-refractivity contribution in [1.29, 1.82) is 0 Å². The number of nitrogens with one attached hydrogen (secondary N) is 1. The minimum Gasteiger partial charge on any atom is -0.388 e. The third-order valence-electron chi connectivity index (χ3n) is 3.63. The van der Waals surface area contributed by atoms with Crippen LogP contribution in [0.3, 0.4) is 0 Å². The molecular weight excluding hydrogens is 258 g/mol. The summed E-state index contributed by atoms with van der Waals surface area (Å²) in [6, 6.07) is 0. The average molecular weight is 279 g/mol. The Morgan fingerprint density at radius 2 is 2.16 bits per heavy atom. The van der Waals surface area contributed by atoms with Gasteiger partial charge in [-0.05, 0) is 38.4 Å². The predicted octanol–water partition coefficient (Wildman–Crippen LogP) is 1.25. The van der Waals surface area contributed by atoms with E-state index in [-0.39, 0.29) is 4.99 Å². The van der Waals surface area contributed by atoms with Crippen molar-refractivity contribution in [2.24, 2.45) is 11.7 Å². The molecule has 0 spiro atoms. The Balaban J connectivity index is 1.78. The van der Waals surface area contributed by atoms with E-state index in [1.54, 1.807) is 12.4 Å². The maximum Gasteiger partial charge on any atom is 0.144 e. The number of anilines is 1. The molecule has 1 aliphatic rings. The Morgan fingerprint density at radius 1 is 1.42 bits per heavy atom. The number of hydrogen-bond acceptors (Lipinski definition) is 5. The highest BCUT2D eigenvalue weighted by atomic mass is 32.1. The summed E-state index contributed by atoms with van der Waals surface area (Å²) in [6.07, 6.45) is 5.80. The second-order valence-electron chi connectivity index (χ2n) is 4.91. The van der Waals surface area contributed by atoms with E-state index in [1.165, 1.54) is 25.9 Å².